The van der Waals surface area contributed by atoms with Crippen LogP contribution in [-0.2, 0) is 20.1 Å². The number of furan rings is 1. The molecular weight excluding hydrogens is 822 g/mol. The van der Waals surface area contributed by atoms with Crippen molar-refractivity contribution >= 4 is 33.0 Å². The van der Waals surface area contributed by atoms with Gasteiger partial charge in [0.1, 0.15) is 11.4 Å². The first kappa shape index (κ1) is 31.8. The van der Waals surface area contributed by atoms with Crippen LogP contribution < -0.4 is 0 Å². The Morgan fingerprint density at radius 1 is 0.788 bits per heavy atom. The summed E-state index contributed by atoms with van der Waals surface area (Å²) in [4.78, 5) is 9.31. The summed E-state index contributed by atoms with van der Waals surface area (Å²) in [5, 5.41) is 1.80. The molecule has 0 aliphatic rings. The van der Waals surface area contributed by atoms with Crippen LogP contribution in [0.3, 0.4) is 0 Å². The van der Waals surface area contributed by atoms with Crippen molar-refractivity contribution in [3.8, 4) is 28.3 Å². The van der Waals surface area contributed by atoms with Crippen molar-refractivity contribution in [3.05, 3.63) is 150 Å². The largest absolute Gasteiger partial charge is 0.500 e. The van der Waals surface area contributed by atoms with Gasteiger partial charge in [0.2, 0.25) is 0 Å². The molecule has 0 saturated heterocycles. The third-order valence-corrected chi connectivity index (χ3v) is 9.17. The van der Waals surface area contributed by atoms with E-state index in [0.29, 0.717) is 34.3 Å². The summed E-state index contributed by atoms with van der Waals surface area (Å²) in [5.41, 5.74) is 9.61. The van der Waals surface area contributed by atoms with Crippen molar-refractivity contribution < 1.29 is 34.4 Å². The Morgan fingerprint density at radius 3 is 2.23 bits per heavy atom. The summed E-state index contributed by atoms with van der Waals surface area (Å²) >= 11 is 0. The Labute approximate surface area is 324 Å². The Kier molecular flexibility index (Phi) is 9.40. The van der Waals surface area contributed by atoms with Crippen LogP contribution in [0.2, 0.25) is 0 Å². The number of hydrogen-bond acceptors (Lipinski definition) is 3. The van der Waals surface area contributed by atoms with Crippen molar-refractivity contribution in [2.24, 2.45) is 0 Å². The van der Waals surface area contributed by atoms with Gasteiger partial charge < -0.3 is 14.0 Å². The molecule has 0 aliphatic heterocycles. The summed E-state index contributed by atoms with van der Waals surface area (Å²) in [7, 11) is 0. The Balaban J connectivity index is 0.000000217. The molecule has 8 aromatic rings. The summed E-state index contributed by atoms with van der Waals surface area (Å²) < 4.78 is 53.3. The molecule has 5 aromatic carbocycles. The van der Waals surface area contributed by atoms with Gasteiger partial charge >= 0.3 is 0 Å². The molecule has 4 nitrogen and oxygen atoms in total. The van der Waals surface area contributed by atoms with Crippen LogP contribution in [0.1, 0.15) is 87.0 Å². The average molecular weight is 868 g/mol. The van der Waals surface area contributed by atoms with E-state index in [9.17, 15) is 4.39 Å². The SMILES string of the molecule is CC(C)c1cccc(C(C)C)c1-n1c(-c2[c-]ccc3c2oc2cc(F)ccc23)nc2ccccc21.[2H]C([2H])([2H])c1cnc(-c2[c-]cccc2)cc1C([2H])(C)C.[Ir]. The molecule has 265 valence electrons. The van der Waals surface area contributed by atoms with Crippen LogP contribution >= 0.6 is 0 Å². The molecule has 0 atom stereocenters. The number of nitrogens with zero attached hydrogens (tertiary/aromatic N) is 3. The van der Waals surface area contributed by atoms with Crippen molar-refractivity contribution in [2.45, 2.75) is 66.1 Å². The predicted molar refractivity (Wildman–Crippen MR) is 208 cm³/mol. The number of benzene rings is 5. The molecule has 0 unspecified atom stereocenters. The van der Waals surface area contributed by atoms with Crippen LogP contribution in [0.5, 0.6) is 0 Å². The normalized spacial score (nSPS) is 13.0. The smallest absolute Gasteiger partial charge is 0.126 e. The van der Waals surface area contributed by atoms with Crippen LogP contribution in [0.25, 0.3) is 61.3 Å². The average Bonchev–Trinajstić information content (AvgIpc) is 3.72. The third-order valence-electron chi connectivity index (χ3n) is 9.17. The standard InChI is InChI=1S/C31H26FN2O.C15H16N.Ir/c1-18(2)21-9-7-10-22(19(3)4)29(21)34-27-14-6-5-13-26(27)33-31(34)25-12-8-11-24-23-16-15-20(32)17-28(23)35-30(24)25;1-11(2)14-9-15(16-10-12(14)3)13-7-5-4-6-8-13;/h5-11,13-19H,1-4H3;4-7,9-11H,1-3H3;/q2*-1;/i;3D3,11D;. The van der Waals surface area contributed by atoms with Gasteiger partial charge in [-0.3, -0.25) is 4.98 Å². The molecule has 1 radical (unpaired) electrons. The number of pyridine rings is 1. The third kappa shape index (κ3) is 6.98. The maximum Gasteiger partial charge on any atom is 0.126 e. The minimum absolute atomic E-state index is 0. The molecule has 0 fully saturated rings. The van der Waals surface area contributed by atoms with Crippen molar-refractivity contribution in [3.63, 3.8) is 0 Å². The number of aryl methyl sites for hydroxylation is 1. The van der Waals surface area contributed by atoms with Crippen LogP contribution in [0, 0.1) is 24.8 Å². The molecular formula is C46H42FIrN3O-2. The number of rotatable bonds is 6. The first-order valence-corrected chi connectivity index (χ1v) is 17.2. The molecule has 3 heterocycles. The fourth-order valence-electron chi connectivity index (χ4n) is 6.64. The van der Waals surface area contributed by atoms with E-state index in [4.69, 9.17) is 14.9 Å². The van der Waals surface area contributed by atoms with Gasteiger partial charge in [0, 0.05) is 48.9 Å². The van der Waals surface area contributed by atoms with E-state index in [2.05, 4.69) is 73.6 Å². The monoisotopic (exact) mass is 868 g/mol. The number of fused-ring (bicyclic) bond motifs is 4. The maximum absolute atomic E-state index is 14.0. The first-order chi connectivity index (χ1) is 26.1. The van der Waals surface area contributed by atoms with Gasteiger partial charge in [-0.2, -0.15) is 0 Å². The number of aromatic nitrogens is 3. The van der Waals surface area contributed by atoms with Gasteiger partial charge in [0.25, 0.3) is 0 Å². The summed E-state index contributed by atoms with van der Waals surface area (Å²) in [6.07, 6.45) is 1.36. The van der Waals surface area contributed by atoms with Gasteiger partial charge in [0.05, 0.1) is 22.4 Å². The Morgan fingerprint density at radius 2 is 1.54 bits per heavy atom. The molecule has 0 N–H and O–H groups in total. The van der Waals surface area contributed by atoms with Gasteiger partial charge in [-0.05, 0) is 76.8 Å². The molecule has 0 aliphatic carbocycles. The van der Waals surface area contributed by atoms with Crippen molar-refractivity contribution in [1.82, 2.24) is 14.5 Å². The Bertz CT molecular complexity index is 2630. The summed E-state index contributed by atoms with van der Waals surface area (Å²) in [5.74, 6) is 0.0994. The van der Waals surface area contributed by atoms with Gasteiger partial charge in [-0.1, -0.05) is 88.9 Å². The summed E-state index contributed by atoms with van der Waals surface area (Å²) in [6, 6.07) is 38.8. The van der Waals surface area contributed by atoms with Crippen LogP contribution in [0.15, 0.2) is 114 Å². The van der Waals surface area contributed by atoms with E-state index in [1.165, 1.54) is 29.5 Å². The molecule has 0 bridgehead atoms. The second kappa shape index (κ2) is 15.4. The Hall–Kier alpha value is -4.90. The molecule has 0 amide bonds. The predicted octanol–water partition coefficient (Wildman–Crippen LogP) is 12.8. The second-order valence-corrected chi connectivity index (χ2v) is 13.6. The quantitative estimate of drug-likeness (QED) is 0.156. The van der Waals surface area contributed by atoms with Crippen LogP contribution in [-0.4, -0.2) is 14.5 Å². The second-order valence-electron chi connectivity index (χ2n) is 13.6. The number of imidazole rings is 1. The van der Waals surface area contributed by atoms with Crippen molar-refractivity contribution in [2.75, 3.05) is 0 Å². The molecule has 6 heteroatoms. The zero-order chi connectivity index (χ0) is 39.2. The molecule has 0 saturated carbocycles. The minimum Gasteiger partial charge on any atom is -0.500 e. The summed E-state index contributed by atoms with van der Waals surface area (Å²) in [6.45, 7) is 9.99. The first-order valence-electron chi connectivity index (χ1n) is 19.2. The number of halogens is 1. The number of para-hydroxylation sites is 3. The maximum atomic E-state index is 14.0. The molecule has 0 spiro atoms. The van der Waals surface area contributed by atoms with Gasteiger partial charge in [-0.25, -0.2) is 4.39 Å². The zero-order valence-electron chi connectivity index (χ0n) is 34.0. The zero-order valence-corrected chi connectivity index (χ0v) is 32.4. The van der Waals surface area contributed by atoms with Crippen molar-refractivity contribution in [1.29, 1.82) is 0 Å². The van der Waals surface area contributed by atoms with E-state index >= 15 is 0 Å². The van der Waals surface area contributed by atoms with E-state index in [-0.39, 0.29) is 31.5 Å². The van der Waals surface area contributed by atoms with Crippen LogP contribution in [0.4, 0.5) is 4.39 Å². The molecule has 3 aromatic heterocycles. The fourth-order valence-corrected chi connectivity index (χ4v) is 6.64. The van der Waals surface area contributed by atoms with Gasteiger partial charge in [0.15, 0.2) is 0 Å². The van der Waals surface area contributed by atoms with E-state index in [1.54, 1.807) is 32.0 Å². The topological polar surface area (TPSA) is 43.9 Å². The number of hydrogen-bond donors (Lipinski definition) is 0. The molecule has 52 heavy (non-hydrogen) atoms. The van der Waals surface area contributed by atoms with Gasteiger partial charge in [-0.15, -0.1) is 54.1 Å². The van der Waals surface area contributed by atoms with E-state index in [0.717, 1.165) is 44.4 Å². The van der Waals surface area contributed by atoms with E-state index in [1.807, 2.05) is 48.5 Å². The molecule has 8 rings (SSSR count). The minimum atomic E-state index is -2.26. The fraction of sp³-hybridized carbons (Fsp3) is 0.217. The van der Waals surface area contributed by atoms with E-state index < -0.39 is 12.7 Å².